The van der Waals surface area contributed by atoms with Gasteiger partial charge in [-0.1, -0.05) is 12.1 Å². The molecular weight excluding hydrogens is 460 g/mol. The lowest BCUT2D eigenvalue weighted by atomic mass is 10.2. The Labute approximate surface area is 208 Å². The van der Waals surface area contributed by atoms with Crippen LogP contribution in [0.4, 0.5) is 0 Å². The van der Waals surface area contributed by atoms with Gasteiger partial charge >= 0.3 is 5.91 Å². The first kappa shape index (κ1) is 24.3. The van der Waals surface area contributed by atoms with E-state index >= 15 is 0 Å². The smallest absolute Gasteiger partial charge is 0.307 e. The highest BCUT2D eigenvalue weighted by molar-refractivity contribution is 5.92. The Morgan fingerprint density at radius 3 is 2.42 bits per heavy atom. The third-order valence-corrected chi connectivity index (χ3v) is 5.29. The molecule has 9 heteroatoms. The maximum atomic E-state index is 12.4. The summed E-state index contributed by atoms with van der Waals surface area (Å²) in [6, 6.07) is 22.1. The first-order valence-corrected chi connectivity index (χ1v) is 11.2. The molecule has 0 saturated carbocycles. The van der Waals surface area contributed by atoms with Gasteiger partial charge in [-0.25, -0.2) is 5.43 Å². The van der Waals surface area contributed by atoms with Gasteiger partial charge in [-0.2, -0.15) is 5.10 Å². The minimum Gasteiger partial charge on any atom is -0.486 e. The predicted molar refractivity (Wildman–Crippen MR) is 134 cm³/mol. The third kappa shape index (κ3) is 6.01. The van der Waals surface area contributed by atoms with E-state index in [0.717, 1.165) is 17.1 Å². The number of aryl methyl sites for hydroxylation is 2. The zero-order valence-corrected chi connectivity index (χ0v) is 19.9. The van der Waals surface area contributed by atoms with Crippen molar-refractivity contribution in [2.75, 3.05) is 6.61 Å². The highest BCUT2D eigenvalue weighted by Crippen LogP contribution is 2.21. The molecule has 2 heterocycles. The van der Waals surface area contributed by atoms with E-state index in [1.807, 2.05) is 24.3 Å². The number of aromatic nitrogens is 1. The number of amides is 2. The summed E-state index contributed by atoms with van der Waals surface area (Å²) in [7, 11) is 0. The van der Waals surface area contributed by atoms with Crippen molar-refractivity contribution in [1.82, 2.24) is 9.99 Å². The lowest BCUT2D eigenvalue weighted by Gasteiger charge is -2.10. The zero-order chi connectivity index (χ0) is 25.5. The number of carbonyl (C=O) groups is 2. The highest BCUT2D eigenvalue weighted by Gasteiger charge is 2.11. The number of hydrazone groups is 1. The molecule has 0 unspecified atom stereocenters. The van der Waals surface area contributed by atoms with Gasteiger partial charge in [0, 0.05) is 22.6 Å². The normalized spacial score (nSPS) is 10.9. The fraction of sp³-hybridized carbons (Fsp3) is 0.148. The molecule has 0 spiro atoms. The molecule has 4 rings (SSSR count). The van der Waals surface area contributed by atoms with Crippen LogP contribution in [0.2, 0.25) is 0 Å². The second-order valence-electron chi connectivity index (χ2n) is 7.99. The summed E-state index contributed by atoms with van der Waals surface area (Å²) in [5.41, 5.74) is 11.5. The minimum absolute atomic E-state index is 0.0953. The summed E-state index contributed by atoms with van der Waals surface area (Å²) in [6.07, 6.45) is 1.40. The summed E-state index contributed by atoms with van der Waals surface area (Å²) < 4.78 is 18.9. The van der Waals surface area contributed by atoms with E-state index in [0.29, 0.717) is 22.8 Å². The number of carbonyl (C=O) groups excluding carboxylic acids is 2. The summed E-state index contributed by atoms with van der Waals surface area (Å²) in [5, 5.41) is 3.94. The molecule has 0 fully saturated rings. The molecule has 36 heavy (non-hydrogen) atoms. The largest absolute Gasteiger partial charge is 0.486 e. The summed E-state index contributed by atoms with van der Waals surface area (Å²) in [4.78, 5) is 23.3. The molecule has 0 aliphatic carbocycles. The van der Waals surface area contributed by atoms with Crippen LogP contribution in [0.1, 0.15) is 33.3 Å². The van der Waals surface area contributed by atoms with E-state index in [1.54, 1.807) is 36.4 Å². The molecule has 0 radical (unpaired) electrons. The number of hydrogen-bond donors (Lipinski definition) is 2. The number of nitrogens with two attached hydrogens (primary N) is 1. The molecule has 184 valence electrons. The van der Waals surface area contributed by atoms with Crippen LogP contribution in [0.15, 0.2) is 82.3 Å². The predicted octanol–water partition coefficient (Wildman–Crippen LogP) is 3.89. The van der Waals surface area contributed by atoms with Crippen molar-refractivity contribution in [3.63, 3.8) is 0 Å². The Morgan fingerprint density at radius 1 is 0.972 bits per heavy atom. The van der Waals surface area contributed by atoms with Gasteiger partial charge in [0.25, 0.3) is 5.91 Å². The summed E-state index contributed by atoms with van der Waals surface area (Å²) in [5.74, 6) is 0.582. The van der Waals surface area contributed by atoms with Gasteiger partial charge in [-0.3, -0.25) is 9.59 Å². The molecule has 2 amide bonds. The van der Waals surface area contributed by atoms with Crippen molar-refractivity contribution in [2.24, 2.45) is 10.8 Å². The van der Waals surface area contributed by atoms with E-state index in [9.17, 15) is 9.59 Å². The zero-order valence-electron chi connectivity index (χ0n) is 19.9. The first-order valence-electron chi connectivity index (χ1n) is 11.2. The number of hydrogen-bond acceptors (Lipinski definition) is 6. The van der Waals surface area contributed by atoms with Crippen molar-refractivity contribution in [1.29, 1.82) is 0 Å². The molecule has 0 saturated heterocycles. The van der Waals surface area contributed by atoms with Gasteiger partial charge in [0.15, 0.2) is 12.4 Å². The number of furan rings is 1. The average molecular weight is 487 g/mol. The monoisotopic (exact) mass is 486 g/mol. The SMILES string of the molecule is Cc1ccc(C)n1-c1ccc(OCc2ccc(C(=O)NN=Cc3ccccc3OCC(N)=O)o2)cc1. The first-order chi connectivity index (χ1) is 17.4. The second-order valence-corrected chi connectivity index (χ2v) is 7.99. The molecule has 0 bridgehead atoms. The lowest BCUT2D eigenvalue weighted by Crippen LogP contribution is -2.20. The van der Waals surface area contributed by atoms with Gasteiger partial charge in [0.05, 0.1) is 6.21 Å². The van der Waals surface area contributed by atoms with Crippen LogP contribution in [0.5, 0.6) is 11.5 Å². The molecule has 2 aromatic carbocycles. The molecule has 0 aliphatic rings. The quantitative estimate of drug-likeness (QED) is 0.260. The summed E-state index contributed by atoms with van der Waals surface area (Å²) in [6.45, 7) is 4.04. The van der Waals surface area contributed by atoms with E-state index in [1.165, 1.54) is 6.21 Å². The van der Waals surface area contributed by atoms with Crippen molar-refractivity contribution in [2.45, 2.75) is 20.5 Å². The molecule has 0 aliphatic heterocycles. The van der Waals surface area contributed by atoms with Crippen LogP contribution >= 0.6 is 0 Å². The van der Waals surface area contributed by atoms with Gasteiger partial charge in [-0.05, 0) is 74.5 Å². The van der Waals surface area contributed by atoms with Crippen LogP contribution in [-0.2, 0) is 11.4 Å². The van der Waals surface area contributed by atoms with E-state index < -0.39 is 11.8 Å². The number of ether oxygens (including phenoxy) is 2. The fourth-order valence-corrected chi connectivity index (χ4v) is 3.58. The number of rotatable bonds is 10. The molecule has 9 nitrogen and oxygen atoms in total. The van der Waals surface area contributed by atoms with E-state index in [4.69, 9.17) is 19.6 Å². The van der Waals surface area contributed by atoms with Gasteiger partial charge in [0.2, 0.25) is 0 Å². The van der Waals surface area contributed by atoms with Crippen LogP contribution in [-0.4, -0.2) is 29.2 Å². The van der Waals surface area contributed by atoms with Gasteiger partial charge < -0.3 is 24.2 Å². The highest BCUT2D eigenvalue weighted by atomic mass is 16.5. The van der Waals surface area contributed by atoms with E-state index in [-0.39, 0.29) is 19.0 Å². The minimum atomic E-state index is -0.591. The Hall–Kier alpha value is -4.79. The topological polar surface area (TPSA) is 121 Å². The third-order valence-electron chi connectivity index (χ3n) is 5.29. The molecule has 3 N–H and O–H groups in total. The molecular formula is C27H26N4O5. The number of nitrogens with zero attached hydrogens (tertiary/aromatic N) is 2. The summed E-state index contributed by atoms with van der Waals surface area (Å²) >= 11 is 0. The van der Waals surface area contributed by atoms with Crippen LogP contribution in [0.3, 0.4) is 0 Å². The molecule has 4 aromatic rings. The van der Waals surface area contributed by atoms with E-state index in [2.05, 4.69) is 41.1 Å². The maximum Gasteiger partial charge on any atom is 0.307 e. The van der Waals surface area contributed by atoms with Crippen molar-refractivity contribution in [3.05, 3.63) is 101 Å². The van der Waals surface area contributed by atoms with Gasteiger partial charge in [0.1, 0.15) is 23.9 Å². The Bertz CT molecular complexity index is 1370. The maximum absolute atomic E-state index is 12.4. The Morgan fingerprint density at radius 2 is 1.69 bits per heavy atom. The van der Waals surface area contributed by atoms with Crippen molar-refractivity contribution >= 4 is 18.0 Å². The second kappa shape index (κ2) is 11.1. The van der Waals surface area contributed by atoms with Crippen LogP contribution in [0.25, 0.3) is 5.69 Å². The molecule has 2 aromatic heterocycles. The Kier molecular flexibility index (Phi) is 7.50. The average Bonchev–Trinajstić information content (AvgIpc) is 3.48. The lowest BCUT2D eigenvalue weighted by molar-refractivity contribution is -0.119. The number of benzene rings is 2. The number of para-hydroxylation sites is 1. The number of nitrogens with one attached hydrogen (secondary N) is 1. The van der Waals surface area contributed by atoms with Gasteiger partial charge in [-0.15, -0.1) is 0 Å². The van der Waals surface area contributed by atoms with Crippen LogP contribution < -0.4 is 20.6 Å². The number of primary amides is 1. The standard InChI is InChI=1S/C27H26N4O5/c1-18-7-8-19(2)31(18)21-9-11-22(12-10-21)34-16-23-13-14-25(36-23)27(33)30-29-15-20-5-3-4-6-24(20)35-17-26(28)32/h3-15H,16-17H2,1-2H3,(H2,28,32)(H,30,33). The van der Waals surface area contributed by atoms with Crippen molar-refractivity contribution < 1.29 is 23.5 Å². The fourth-order valence-electron chi connectivity index (χ4n) is 3.58. The Balaban J connectivity index is 1.31. The van der Waals surface area contributed by atoms with Crippen LogP contribution in [0, 0.1) is 13.8 Å². The van der Waals surface area contributed by atoms with Crippen molar-refractivity contribution in [3.8, 4) is 17.2 Å². The molecule has 0 atom stereocenters.